The molecule has 1 fully saturated rings. The maximum atomic E-state index is 12.9. The van der Waals surface area contributed by atoms with Gasteiger partial charge in [0, 0.05) is 18.0 Å². The fourth-order valence-electron chi connectivity index (χ4n) is 2.85. The summed E-state index contributed by atoms with van der Waals surface area (Å²) >= 11 is 0. The second-order valence-electron chi connectivity index (χ2n) is 6.27. The molecule has 1 aromatic carbocycles. The highest BCUT2D eigenvalue weighted by Gasteiger charge is 2.31. The van der Waals surface area contributed by atoms with Crippen LogP contribution in [0.5, 0.6) is 5.75 Å². The third kappa shape index (κ3) is 3.55. The Morgan fingerprint density at radius 1 is 1.24 bits per heavy atom. The lowest BCUT2D eigenvalue weighted by molar-refractivity contribution is 0.0940. The minimum Gasteiger partial charge on any atom is -0.492 e. The largest absolute Gasteiger partial charge is 0.492 e. The molecule has 0 spiro atoms. The van der Waals surface area contributed by atoms with Crippen molar-refractivity contribution in [2.75, 3.05) is 25.0 Å². The zero-order chi connectivity index (χ0) is 17.2. The molecule has 0 saturated heterocycles. The summed E-state index contributed by atoms with van der Waals surface area (Å²) in [4.78, 5) is 21.2. The SMILES string of the molecule is O=C1NCCc2c(NCCOc3ccc(F)cc3)nc(C3CC3)nc21. The second kappa shape index (κ2) is 6.66. The number of halogens is 1. The molecular formula is C18H19FN4O2. The number of nitrogens with one attached hydrogen (secondary N) is 2. The van der Waals surface area contributed by atoms with Crippen molar-refractivity contribution in [3.05, 3.63) is 47.2 Å². The minimum absolute atomic E-state index is 0.129. The van der Waals surface area contributed by atoms with Gasteiger partial charge < -0.3 is 15.4 Å². The summed E-state index contributed by atoms with van der Waals surface area (Å²) in [5, 5.41) is 6.10. The van der Waals surface area contributed by atoms with E-state index in [1.165, 1.54) is 12.1 Å². The number of hydrogen-bond donors (Lipinski definition) is 2. The average Bonchev–Trinajstić information content (AvgIpc) is 3.46. The van der Waals surface area contributed by atoms with E-state index < -0.39 is 0 Å². The standard InChI is InChI=1S/C18H19FN4O2/c19-12-3-5-13(6-4-12)25-10-9-20-17-14-7-8-21-18(24)15(14)22-16(23-17)11-1-2-11/h3-6,11H,1-2,7-10H2,(H,21,24)(H,20,22,23). The molecule has 130 valence electrons. The van der Waals surface area contributed by atoms with E-state index in [0.717, 1.165) is 30.0 Å². The van der Waals surface area contributed by atoms with Crippen molar-refractivity contribution in [3.63, 3.8) is 0 Å². The number of rotatable bonds is 6. The number of anilines is 1. The van der Waals surface area contributed by atoms with Crippen LogP contribution < -0.4 is 15.4 Å². The number of fused-ring (bicyclic) bond motifs is 1. The molecule has 0 radical (unpaired) electrons. The molecule has 1 aliphatic heterocycles. The molecule has 0 atom stereocenters. The number of hydrogen-bond acceptors (Lipinski definition) is 5. The number of carbonyl (C=O) groups is 1. The van der Waals surface area contributed by atoms with Gasteiger partial charge in [-0.05, 0) is 43.5 Å². The van der Waals surface area contributed by atoms with Crippen molar-refractivity contribution >= 4 is 11.7 Å². The van der Waals surface area contributed by atoms with Crippen LogP contribution in [0.2, 0.25) is 0 Å². The summed E-state index contributed by atoms with van der Waals surface area (Å²) in [5.41, 5.74) is 1.36. The number of carbonyl (C=O) groups excluding carboxylic acids is 1. The molecule has 2 N–H and O–H groups in total. The van der Waals surface area contributed by atoms with E-state index in [-0.39, 0.29) is 11.7 Å². The van der Waals surface area contributed by atoms with Crippen LogP contribution in [0.3, 0.4) is 0 Å². The molecule has 6 nitrogen and oxygen atoms in total. The van der Waals surface area contributed by atoms with Gasteiger partial charge in [-0.1, -0.05) is 0 Å². The van der Waals surface area contributed by atoms with Gasteiger partial charge in [0.05, 0.1) is 6.54 Å². The van der Waals surface area contributed by atoms with Crippen LogP contribution in [0.1, 0.15) is 40.6 Å². The Morgan fingerprint density at radius 2 is 2.04 bits per heavy atom. The lowest BCUT2D eigenvalue weighted by atomic mass is 10.1. The molecule has 2 aliphatic rings. The normalized spacial score (nSPS) is 16.1. The van der Waals surface area contributed by atoms with E-state index in [9.17, 15) is 9.18 Å². The van der Waals surface area contributed by atoms with E-state index in [1.807, 2.05) is 0 Å². The van der Waals surface area contributed by atoms with Gasteiger partial charge in [0.2, 0.25) is 0 Å². The Bertz CT molecular complexity index is 790. The molecule has 1 saturated carbocycles. The molecule has 25 heavy (non-hydrogen) atoms. The second-order valence-corrected chi connectivity index (χ2v) is 6.27. The van der Waals surface area contributed by atoms with Gasteiger partial charge in [-0.25, -0.2) is 14.4 Å². The maximum absolute atomic E-state index is 12.9. The summed E-state index contributed by atoms with van der Waals surface area (Å²) in [6, 6.07) is 5.92. The quantitative estimate of drug-likeness (QED) is 0.788. The van der Waals surface area contributed by atoms with E-state index in [0.29, 0.717) is 43.5 Å². The summed E-state index contributed by atoms with van der Waals surface area (Å²) in [6.07, 6.45) is 2.87. The summed E-state index contributed by atoms with van der Waals surface area (Å²) in [7, 11) is 0. The van der Waals surface area contributed by atoms with Gasteiger partial charge in [0.25, 0.3) is 5.91 Å². The maximum Gasteiger partial charge on any atom is 0.270 e. The number of amides is 1. The van der Waals surface area contributed by atoms with Gasteiger partial charge in [0.15, 0.2) is 0 Å². The fraction of sp³-hybridized carbons (Fsp3) is 0.389. The highest BCUT2D eigenvalue weighted by atomic mass is 19.1. The summed E-state index contributed by atoms with van der Waals surface area (Å²) in [6.45, 7) is 1.54. The fourth-order valence-corrected chi connectivity index (χ4v) is 2.85. The molecule has 2 heterocycles. The van der Waals surface area contributed by atoms with E-state index in [1.54, 1.807) is 12.1 Å². The first-order valence-electron chi connectivity index (χ1n) is 8.52. The van der Waals surface area contributed by atoms with Crippen molar-refractivity contribution < 1.29 is 13.9 Å². The smallest absolute Gasteiger partial charge is 0.270 e. The highest BCUT2D eigenvalue weighted by Crippen LogP contribution is 2.39. The van der Waals surface area contributed by atoms with E-state index >= 15 is 0 Å². The van der Waals surface area contributed by atoms with Crippen LogP contribution in [-0.2, 0) is 6.42 Å². The molecule has 0 bridgehead atoms. The van der Waals surface area contributed by atoms with E-state index in [2.05, 4.69) is 20.6 Å². The third-order valence-corrected chi connectivity index (χ3v) is 4.32. The number of nitrogens with zero attached hydrogens (tertiary/aromatic N) is 2. The first-order chi connectivity index (χ1) is 12.2. The van der Waals surface area contributed by atoms with Gasteiger partial charge >= 0.3 is 0 Å². The van der Waals surface area contributed by atoms with Crippen LogP contribution in [-0.4, -0.2) is 35.6 Å². The molecule has 1 amide bonds. The summed E-state index contributed by atoms with van der Waals surface area (Å²) < 4.78 is 18.5. The van der Waals surface area contributed by atoms with Crippen molar-refractivity contribution in [1.82, 2.24) is 15.3 Å². The van der Waals surface area contributed by atoms with Crippen molar-refractivity contribution in [1.29, 1.82) is 0 Å². The monoisotopic (exact) mass is 342 g/mol. The molecule has 0 unspecified atom stereocenters. The average molecular weight is 342 g/mol. The van der Waals surface area contributed by atoms with Gasteiger partial charge in [0.1, 0.15) is 35.5 Å². The molecular weight excluding hydrogens is 323 g/mol. The Morgan fingerprint density at radius 3 is 2.80 bits per heavy atom. The molecule has 1 aliphatic carbocycles. The summed E-state index contributed by atoms with van der Waals surface area (Å²) in [5.74, 6) is 2.05. The van der Waals surface area contributed by atoms with Crippen LogP contribution in [0.15, 0.2) is 24.3 Å². The van der Waals surface area contributed by atoms with Crippen LogP contribution in [0, 0.1) is 5.82 Å². The van der Waals surface area contributed by atoms with Gasteiger partial charge in [-0.15, -0.1) is 0 Å². The number of ether oxygens (including phenoxy) is 1. The lowest BCUT2D eigenvalue weighted by Gasteiger charge is -2.20. The molecule has 1 aromatic heterocycles. The van der Waals surface area contributed by atoms with Crippen molar-refractivity contribution in [3.8, 4) is 5.75 Å². The first-order valence-corrected chi connectivity index (χ1v) is 8.52. The highest BCUT2D eigenvalue weighted by molar-refractivity contribution is 5.96. The van der Waals surface area contributed by atoms with Gasteiger partial charge in [-0.3, -0.25) is 4.79 Å². The zero-order valence-electron chi connectivity index (χ0n) is 13.7. The number of aromatic nitrogens is 2. The topological polar surface area (TPSA) is 76.1 Å². The predicted octanol–water partition coefficient (Wildman–Crippen LogP) is 2.27. The minimum atomic E-state index is -0.288. The predicted molar refractivity (Wildman–Crippen MR) is 90.4 cm³/mol. The van der Waals surface area contributed by atoms with Crippen LogP contribution >= 0.6 is 0 Å². The molecule has 4 rings (SSSR count). The zero-order valence-corrected chi connectivity index (χ0v) is 13.7. The molecule has 7 heteroatoms. The van der Waals surface area contributed by atoms with Crippen molar-refractivity contribution in [2.45, 2.75) is 25.2 Å². The Kier molecular flexibility index (Phi) is 4.21. The Labute approximate surface area is 144 Å². The Hall–Kier alpha value is -2.70. The number of benzene rings is 1. The van der Waals surface area contributed by atoms with Crippen LogP contribution in [0.4, 0.5) is 10.2 Å². The first kappa shape index (κ1) is 15.8. The van der Waals surface area contributed by atoms with Gasteiger partial charge in [-0.2, -0.15) is 0 Å². The third-order valence-electron chi connectivity index (χ3n) is 4.32. The van der Waals surface area contributed by atoms with Crippen molar-refractivity contribution in [2.24, 2.45) is 0 Å². The van der Waals surface area contributed by atoms with Crippen LogP contribution in [0.25, 0.3) is 0 Å². The Balaban J connectivity index is 1.44. The lowest BCUT2D eigenvalue weighted by Crippen LogP contribution is -2.34. The van der Waals surface area contributed by atoms with E-state index in [4.69, 9.17) is 4.74 Å². The molecule has 2 aromatic rings.